The number of nitrogens with one attached hydrogen (secondary N) is 1. The highest BCUT2D eigenvalue weighted by atomic mass is 32.2. The summed E-state index contributed by atoms with van der Waals surface area (Å²) in [6.45, 7) is 0.599. The number of carbonyl (C=O) groups excluding carboxylic acids is 1. The topological polar surface area (TPSA) is 101 Å². The Hall–Kier alpha value is -3.30. The van der Waals surface area contributed by atoms with Crippen molar-refractivity contribution in [2.24, 2.45) is 5.92 Å². The molecule has 4 rings (SSSR count). The molecular formula is C22H22N4O4S. The first-order valence-electron chi connectivity index (χ1n) is 9.91. The molecule has 1 aliphatic heterocycles. The van der Waals surface area contributed by atoms with Gasteiger partial charge in [-0.2, -0.15) is 4.31 Å². The fraction of sp³-hybridized carbons (Fsp3) is 0.227. The van der Waals surface area contributed by atoms with Gasteiger partial charge in [-0.25, -0.2) is 8.42 Å². The van der Waals surface area contributed by atoms with E-state index in [1.807, 2.05) is 0 Å². The number of pyridine rings is 2. The van der Waals surface area contributed by atoms with E-state index in [9.17, 15) is 13.2 Å². The van der Waals surface area contributed by atoms with Crippen LogP contribution in [0.5, 0.6) is 11.5 Å². The summed E-state index contributed by atoms with van der Waals surface area (Å²) in [4.78, 5) is 20.6. The van der Waals surface area contributed by atoms with Crippen LogP contribution >= 0.6 is 0 Å². The van der Waals surface area contributed by atoms with Gasteiger partial charge >= 0.3 is 0 Å². The van der Waals surface area contributed by atoms with Gasteiger partial charge in [-0.3, -0.25) is 14.8 Å². The molecule has 1 N–H and O–H groups in total. The molecule has 0 unspecified atom stereocenters. The molecule has 3 heterocycles. The first-order chi connectivity index (χ1) is 15.0. The SMILES string of the molecule is O=C(Nc1ccc(Oc2ccncc2)cc1)C1CCN(S(=O)(=O)c2cccnc2)CC1. The Labute approximate surface area is 181 Å². The number of sulfonamides is 1. The van der Waals surface area contributed by atoms with E-state index in [1.54, 1.807) is 54.9 Å². The predicted octanol–water partition coefficient (Wildman–Crippen LogP) is 3.31. The molecule has 3 aromatic rings. The number of hydrogen-bond donors (Lipinski definition) is 1. The summed E-state index contributed by atoms with van der Waals surface area (Å²) in [5.74, 6) is 0.979. The van der Waals surface area contributed by atoms with Crippen molar-refractivity contribution in [3.63, 3.8) is 0 Å². The Bertz CT molecular complexity index is 1120. The molecule has 1 aliphatic rings. The van der Waals surface area contributed by atoms with Crippen molar-refractivity contribution in [2.75, 3.05) is 18.4 Å². The molecule has 9 heteroatoms. The van der Waals surface area contributed by atoms with Crippen molar-refractivity contribution >= 4 is 21.6 Å². The molecule has 0 bridgehead atoms. The molecule has 0 radical (unpaired) electrons. The van der Waals surface area contributed by atoms with Crippen LogP contribution in [0.3, 0.4) is 0 Å². The molecule has 2 aromatic heterocycles. The van der Waals surface area contributed by atoms with Gasteiger partial charge in [0.2, 0.25) is 15.9 Å². The van der Waals surface area contributed by atoms with Crippen molar-refractivity contribution in [1.29, 1.82) is 0 Å². The van der Waals surface area contributed by atoms with Gasteiger partial charge in [-0.1, -0.05) is 0 Å². The minimum Gasteiger partial charge on any atom is -0.457 e. The average Bonchev–Trinajstić information content (AvgIpc) is 2.82. The number of nitrogens with zero attached hydrogens (tertiary/aromatic N) is 3. The number of amides is 1. The minimum absolute atomic E-state index is 0.110. The first kappa shape index (κ1) is 21.0. The Kier molecular flexibility index (Phi) is 6.24. The highest BCUT2D eigenvalue weighted by Crippen LogP contribution is 2.26. The van der Waals surface area contributed by atoms with Gasteiger partial charge in [0.05, 0.1) is 0 Å². The molecule has 0 saturated carbocycles. The van der Waals surface area contributed by atoms with Crippen LogP contribution < -0.4 is 10.1 Å². The summed E-state index contributed by atoms with van der Waals surface area (Å²) in [6.07, 6.45) is 7.11. The lowest BCUT2D eigenvalue weighted by Crippen LogP contribution is -2.41. The van der Waals surface area contributed by atoms with Gasteiger partial charge in [0.1, 0.15) is 16.4 Å². The zero-order valence-electron chi connectivity index (χ0n) is 16.7. The van der Waals surface area contributed by atoms with E-state index in [0.717, 1.165) is 0 Å². The normalized spacial score (nSPS) is 15.4. The lowest BCUT2D eigenvalue weighted by atomic mass is 9.97. The van der Waals surface area contributed by atoms with Crippen LogP contribution in [0.15, 0.2) is 78.2 Å². The van der Waals surface area contributed by atoms with Crippen LogP contribution in [0.25, 0.3) is 0 Å². The molecule has 0 atom stereocenters. The van der Waals surface area contributed by atoms with E-state index in [1.165, 1.54) is 22.8 Å². The van der Waals surface area contributed by atoms with Crippen LogP contribution in [0, 0.1) is 5.92 Å². The average molecular weight is 439 g/mol. The van der Waals surface area contributed by atoms with Gasteiger partial charge in [-0.15, -0.1) is 0 Å². The third-order valence-corrected chi connectivity index (χ3v) is 6.99. The van der Waals surface area contributed by atoms with Gasteiger partial charge in [0, 0.05) is 49.5 Å². The summed E-state index contributed by atoms with van der Waals surface area (Å²) in [5, 5.41) is 2.91. The third-order valence-electron chi connectivity index (χ3n) is 5.10. The quantitative estimate of drug-likeness (QED) is 0.634. The fourth-order valence-corrected chi connectivity index (χ4v) is 4.83. The second-order valence-corrected chi connectivity index (χ2v) is 9.10. The molecule has 8 nitrogen and oxygen atoms in total. The highest BCUT2D eigenvalue weighted by molar-refractivity contribution is 7.89. The molecule has 1 amide bonds. The number of piperidine rings is 1. The number of carbonyl (C=O) groups is 1. The number of ether oxygens (including phenoxy) is 1. The van der Waals surface area contributed by atoms with Crippen LogP contribution in [0.1, 0.15) is 12.8 Å². The Morgan fingerprint density at radius 2 is 1.61 bits per heavy atom. The molecule has 31 heavy (non-hydrogen) atoms. The van der Waals surface area contributed by atoms with Crippen molar-refractivity contribution in [3.8, 4) is 11.5 Å². The van der Waals surface area contributed by atoms with Gasteiger partial charge in [-0.05, 0) is 61.4 Å². The number of anilines is 1. The van der Waals surface area contributed by atoms with E-state index in [0.29, 0.717) is 43.1 Å². The maximum Gasteiger partial charge on any atom is 0.244 e. The lowest BCUT2D eigenvalue weighted by molar-refractivity contribution is -0.120. The van der Waals surface area contributed by atoms with Crippen LogP contribution in [0.4, 0.5) is 5.69 Å². The molecule has 1 aromatic carbocycles. The van der Waals surface area contributed by atoms with E-state index in [2.05, 4.69) is 15.3 Å². The fourth-order valence-electron chi connectivity index (χ4n) is 3.40. The third kappa shape index (κ3) is 5.07. The second-order valence-electron chi connectivity index (χ2n) is 7.17. The predicted molar refractivity (Wildman–Crippen MR) is 115 cm³/mol. The Balaban J connectivity index is 1.31. The van der Waals surface area contributed by atoms with Crippen LogP contribution in [-0.4, -0.2) is 41.7 Å². The van der Waals surface area contributed by atoms with E-state index in [4.69, 9.17) is 4.74 Å². The van der Waals surface area contributed by atoms with E-state index in [-0.39, 0.29) is 16.7 Å². The maximum absolute atomic E-state index is 12.7. The Morgan fingerprint density at radius 3 is 2.26 bits per heavy atom. The lowest BCUT2D eigenvalue weighted by Gasteiger charge is -2.30. The molecule has 0 spiro atoms. The molecular weight excluding hydrogens is 416 g/mol. The summed E-state index contributed by atoms with van der Waals surface area (Å²) in [6, 6.07) is 13.8. The summed E-state index contributed by atoms with van der Waals surface area (Å²) in [7, 11) is -3.58. The van der Waals surface area contributed by atoms with Gasteiger partial charge in [0.15, 0.2) is 0 Å². The monoisotopic (exact) mass is 438 g/mol. The zero-order valence-corrected chi connectivity index (χ0v) is 17.5. The van der Waals surface area contributed by atoms with Crippen molar-refractivity contribution < 1.29 is 17.9 Å². The van der Waals surface area contributed by atoms with Crippen molar-refractivity contribution in [1.82, 2.24) is 14.3 Å². The number of benzene rings is 1. The smallest absolute Gasteiger partial charge is 0.244 e. The zero-order chi connectivity index (χ0) is 21.7. The second kappa shape index (κ2) is 9.23. The van der Waals surface area contributed by atoms with Gasteiger partial charge in [0.25, 0.3) is 0 Å². The summed E-state index contributed by atoms with van der Waals surface area (Å²) >= 11 is 0. The molecule has 1 fully saturated rings. The van der Waals surface area contributed by atoms with Crippen LogP contribution in [0.2, 0.25) is 0 Å². The number of hydrogen-bond acceptors (Lipinski definition) is 6. The van der Waals surface area contributed by atoms with E-state index >= 15 is 0 Å². The van der Waals surface area contributed by atoms with Gasteiger partial charge < -0.3 is 10.1 Å². The summed E-state index contributed by atoms with van der Waals surface area (Å²) in [5.41, 5.74) is 0.664. The largest absolute Gasteiger partial charge is 0.457 e. The molecule has 160 valence electrons. The highest BCUT2D eigenvalue weighted by Gasteiger charge is 2.32. The standard InChI is InChI=1S/C22H22N4O4S/c27-22(25-18-3-5-19(6-4-18)30-20-7-12-23-13-8-20)17-9-14-26(15-10-17)31(28,29)21-2-1-11-24-16-21/h1-8,11-13,16-17H,9-10,14-15H2,(H,25,27). The Morgan fingerprint density at radius 1 is 0.935 bits per heavy atom. The minimum atomic E-state index is -3.58. The van der Waals surface area contributed by atoms with E-state index < -0.39 is 10.0 Å². The van der Waals surface area contributed by atoms with Crippen molar-refractivity contribution in [3.05, 3.63) is 73.3 Å². The van der Waals surface area contributed by atoms with Crippen molar-refractivity contribution in [2.45, 2.75) is 17.7 Å². The maximum atomic E-state index is 12.7. The molecule has 0 aliphatic carbocycles. The molecule has 1 saturated heterocycles. The first-order valence-corrected chi connectivity index (χ1v) is 11.4. The summed E-state index contributed by atoms with van der Waals surface area (Å²) < 4.78 is 32.5. The number of rotatable bonds is 6. The number of aromatic nitrogens is 2. The van der Waals surface area contributed by atoms with Crippen LogP contribution in [-0.2, 0) is 14.8 Å².